The van der Waals surface area contributed by atoms with Crippen molar-refractivity contribution in [2.45, 2.75) is 30.7 Å². The van der Waals surface area contributed by atoms with Crippen LogP contribution in [0.15, 0.2) is 23.1 Å². The van der Waals surface area contributed by atoms with Gasteiger partial charge in [-0.2, -0.15) is 0 Å². The topological polar surface area (TPSA) is 92.4 Å². The van der Waals surface area contributed by atoms with E-state index in [-0.39, 0.29) is 23.2 Å². The molecule has 0 aliphatic heterocycles. The molecule has 0 heterocycles. The Labute approximate surface area is 112 Å². The molecular formula is C11H17ClN2O3S. The van der Waals surface area contributed by atoms with Crippen LogP contribution in [0.3, 0.4) is 0 Å². The average molecular weight is 293 g/mol. The molecule has 102 valence electrons. The molecule has 1 atom stereocenters. The summed E-state index contributed by atoms with van der Waals surface area (Å²) in [4.78, 5) is 0.0702. The van der Waals surface area contributed by atoms with Gasteiger partial charge in [0.15, 0.2) is 0 Å². The first-order valence-corrected chi connectivity index (χ1v) is 7.45. The third-order valence-electron chi connectivity index (χ3n) is 2.57. The van der Waals surface area contributed by atoms with E-state index in [4.69, 9.17) is 22.4 Å². The summed E-state index contributed by atoms with van der Waals surface area (Å²) >= 11 is 5.74. The lowest BCUT2D eigenvalue weighted by Crippen LogP contribution is -2.35. The summed E-state index contributed by atoms with van der Waals surface area (Å²) in [6.07, 6.45) is 0.974. The molecule has 1 unspecified atom stereocenters. The maximum atomic E-state index is 12.0. The van der Waals surface area contributed by atoms with E-state index in [0.717, 1.165) is 0 Å². The van der Waals surface area contributed by atoms with Gasteiger partial charge in [0.25, 0.3) is 0 Å². The SMILES string of the molecule is CCC(CCO)NS(=O)(=O)c1ccc(Cl)c(N)c1. The molecule has 0 radical (unpaired) electrons. The quantitative estimate of drug-likeness (QED) is 0.690. The van der Waals surface area contributed by atoms with E-state index in [1.807, 2.05) is 6.92 Å². The molecule has 7 heteroatoms. The van der Waals surface area contributed by atoms with Gasteiger partial charge in [0.05, 0.1) is 15.6 Å². The lowest BCUT2D eigenvalue weighted by molar-refractivity contribution is 0.270. The lowest BCUT2D eigenvalue weighted by Gasteiger charge is -2.16. The van der Waals surface area contributed by atoms with Crippen molar-refractivity contribution in [1.82, 2.24) is 4.72 Å². The van der Waals surface area contributed by atoms with Crippen molar-refractivity contribution >= 4 is 27.3 Å². The Balaban J connectivity index is 2.95. The predicted molar refractivity (Wildman–Crippen MR) is 72.0 cm³/mol. The number of hydrogen-bond acceptors (Lipinski definition) is 4. The molecular weight excluding hydrogens is 276 g/mol. The van der Waals surface area contributed by atoms with Crippen LogP contribution in [0.4, 0.5) is 5.69 Å². The summed E-state index contributed by atoms with van der Waals surface area (Å²) in [5.74, 6) is 0. The van der Waals surface area contributed by atoms with Crippen LogP contribution in [-0.4, -0.2) is 26.2 Å². The van der Waals surface area contributed by atoms with E-state index in [1.54, 1.807) is 0 Å². The van der Waals surface area contributed by atoms with Gasteiger partial charge in [-0.25, -0.2) is 13.1 Å². The van der Waals surface area contributed by atoms with Gasteiger partial charge in [0, 0.05) is 12.6 Å². The molecule has 0 aliphatic rings. The van der Waals surface area contributed by atoms with Crippen molar-refractivity contribution in [3.63, 3.8) is 0 Å². The number of aliphatic hydroxyl groups excluding tert-OH is 1. The lowest BCUT2D eigenvalue weighted by atomic mass is 10.2. The van der Waals surface area contributed by atoms with Gasteiger partial charge in [-0.3, -0.25) is 0 Å². The molecule has 1 rings (SSSR count). The fourth-order valence-corrected chi connectivity index (χ4v) is 2.98. The van der Waals surface area contributed by atoms with Gasteiger partial charge in [-0.05, 0) is 31.0 Å². The molecule has 18 heavy (non-hydrogen) atoms. The Hall–Kier alpha value is -0.820. The fourth-order valence-electron chi connectivity index (χ4n) is 1.48. The molecule has 1 aromatic rings. The molecule has 0 saturated carbocycles. The second kappa shape index (κ2) is 6.38. The van der Waals surface area contributed by atoms with Crippen LogP contribution in [-0.2, 0) is 10.0 Å². The van der Waals surface area contributed by atoms with Crippen LogP contribution >= 0.6 is 11.6 Å². The Morgan fingerprint density at radius 2 is 2.17 bits per heavy atom. The number of aliphatic hydroxyl groups is 1. The number of nitrogens with two attached hydrogens (primary N) is 1. The van der Waals surface area contributed by atoms with Gasteiger partial charge in [0.2, 0.25) is 10.0 Å². The molecule has 0 saturated heterocycles. The highest BCUT2D eigenvalue weighted by atomic mass is 35.5. The zero-order chi connectivity index (χ0) is 13.8. The van der Waals surface area contributed by atoms with Crippen molar-refractivity contribution in [2.24, 2.45) is 0 Å². The summed E-state index contributed by atoms with van der Waals surface area (Å²) in [5, 5.41) is 9.16. The van der Waals surface area contributed by atoms with E-state index in [2.05, 4.69) is 4.72 Å². The number of benzene rings is 1. The monoisotopic (exact) mass is 292 g/mol. The van der Waals surface area contributed by atoms with Crippen molar-refractivity contribution in [1.29, 1.82) is 0 Å². The number of anilines is 1. The fraction of sp³-hybridized carbons (Fsp3) is 0.455. The van der Waals surface area contributed by atoms with Gasteiger partial charge in [-0.15, -0.1) is 0 Å². The maximum Gasteiger partial charge on any atom is 0.240 e. The highest BCUT2D eigenvalue weighted by Gasteiger charge is 2.19. The highest BCUT2D eigenvalue weighted by molar-refractivity contribution is 7.89. The zero-order valence-corrected chi connectivity index (χ0v) is 11.6. The minimum atomic E-state index is -3.63. The molecule has 1 aromatic carbocycles. The summed E-state index contributed by atoms with van der Waals surface area (Å²) in [5.41, 5.74) is 5.79. The van der Waals surface area contributed by atoms with E-state index in [1.165, 1.54) is 18.2 Å². The first kappa shape index (κ1) is 15.2. The molecule has 0 spiro atoms. The summed E-state index contributed by atoms with van der Waals surface area (Å²) in [7, 11) is -3.63. The van der Waals surface area contributed by atoms with Crippen molar-refractivity contribution in [3.8, 4) is 0 Å². The number of hydrogen-bond donors (Lipinski definition) is 3. The summed E-state index contributed by atoms with van der Waals surface area (Å²) in [6.45, 7) is 1.78. The molecule has 0 amide bonds. The minimum absolute atomic E-state index is 0.0657. The summed E-state index contributed by atoms with van der Waals surface area (Å²) < 4.78 is 26.6. The molecule has 0 bridgehead atoms. The maximum absolute atomic E-state index is 12.0. The predicted octanol–water partition coefficient (Wildman–Crippen LogP) is 1.36. The average Bonchev–Trinajstić information content (AvgIpc) is 2.31. The van der Waals surface area contributed by atoms with Crippen LogP contribution < -0.4 is 10.5 Å². The summed E-state index contributed by atoms with van der Waals surface area (Å²) in [6, 6.07) is 3.86. The molecule has 0 aromatic heterocycles. The first-order chi connectivity index (χ1) is 8.40. The van der Waals surface area contributed by atoms with Crippen molar-refractivity contribution in [2.75, 3.05) is 12.3 Å². The van der Waals surface area contributed by atoms with E-state index in [0.29, 0.717) is 17.9 Å². The Morgan fingerprint density at radius 1 is 1.50 bits per heavy atom. The van der Waals surface area contributed by atoms with Gasteiger partial charge in [-0.1, -0.05) is 18.5 Å². The number of halogens is 1. The van der Waals surface area contributed by atoms with E-state index < -0.39 is 10.0 Å². The Morgan fingerprint density at radius 3 is 2.67 bits per heavy atom. The van der Waals surface area contributed by atoms with Crippen molar-refractivity contribution in [3.05, 3.63) is 23.2 Å². The highest BCUT2D eigenvalue weighted by Crippen LogP contribution is 2.22. The smallest absolute Gasteiger partial charge is 0.240 e. The molecule has 0 fully saturated rings. The Bertz CT molecular complexity index is 505. The van der Waals surface area contributed by atoms with Crippen LogP contribution in [0.25, 0.3) is 0 Å². The second-order valence-electron chi connectivity index (χ2n) is 3.92. The number of rotatable bonds is 6. The van der Waals surface area contributed by atoms with Crippen LogP contribution in [0.5, 0.6) is 0 Å². The number of nitrogen functional groups attached to an aromatic ring is 1. The zero-order valence-electron chi connectivity index (χ0n) is 10.1. The van der Waals surface area contributed by atoms with E-state index >= 15 is 0 Å². The standard InChI is InChI=1S/C11H17ClN2O3S/c1-2-8(5-6-15)14-18(16,17)9-3-4-10(12)11(13)7-9/h3-4,7-8,14-15H,2,5-6,13H2,1H3. The van der Waals surface area contributed by atoms with Gasteiger partial charge in [0.1, 0.15) is 0 Å². The second-order valence-corrected chi connectivity index (χ2v) is 6.04. The van der Waals surface area contributed by atoms with Gasteiger partial charge < -0.3 is 10.8 Å². The largest absolute Gasteiger partial charge is 0.397 e. The molecule has 0 aliphatic carbocycles. The first-order valence-electron chi connectivity index (χ1n) is 5.59. The molecule has 4 N–H and O–H groups in total. The van der Waals surface area contributed by atoms with E-state index in [9.17, 15) is 8.42 Å². The third-order valence-corrected chi connectivity index (χ3v) is 4.43. The number of nitrogens with one attached hydrogen (secondary N) is 1. The Kier molecular flexibility index (Phi) is 5.40. The normalized spacial score (nSPS) is 13.5. The van der Waals surface area contributed by atoms with Crippen LogP contribution in [0.1, 0.15) is 19.8 Å². The minimum Gasteiger partial charge on any atom is -0.397 e. The van der Waals surface area contributed by atoms with Crippen LogP contribution in [0.2, 0.25) is 5.02 Å². The van der Waals surface area contributed by atoms with Gasteiger partial charge >= 0.3 is 0 Å². The molecule has 5 nitrogen and oxygen atoms in total. The van der Waals surface area contributed by atoms with Crippen LogP contribution in [0, 0.1) is 0 Å². The number of sulfonamides is 1. The van der Waals surface area contributed by atoms with Crippen molar-refractivity contribution < 1.29 is 13.5 Å². The third kappa shape index (κ3) is 3.84.